The summed E-state index contributed by atoms with van der Waals surface area (Å²) < 4.78 is 10.5. The molecule has 0 atom stereocenters. The van der Waals surface area contributed by atoms with E-state index in [1.165, 1.54) is 17.2 Å². The first-order valence-electron chi connectivity index (χ1n) is 8.80. The maximum absolute atomic E-state index is 12.0. The largest absolute Gasteiger partial charge is 0.493 e. The van der Waals surface area contributed by atoms with E-state index in [2.05, 4.69) is 43.4 Å². The van der Waals surface area contributed by atoms with Gasteiger partial charge in [-0.15, -0.1) is 0 Å². The van der Waals surface area contributed by atoms with Gasteiger partial charge in [0.15, 0.2) is 11.5 Å². The number of hydrogen-bond donors (Lipinski definition) is 1. The number of amides is 1. The van der Waals surface area contributed by atoms with Gasteiger partial charge in [0.1, 0.15) is 0 Å². The molecule has 1 N–H and O–H groups in total. The fourth-order valence-electron chi connectivity index (χ4n) is 2.59. The van der Waals surface area contributed by atoms with Crippen LogP contribution >= 0.6 is 0 Å². The van der Waals surface area contributed by atoms with E-state index in [9.17, 15) is 4.79 Å². The molecule has 0 aliphatic heterocycles. The molecule has 4 nitrogen and oxygen atoms in total. The number of rotatable bonds is 8. The Bertz CT molecular complexity index is 748. The van der Waals surface area contributed by atoms with E-state index in [4.69, 9.17) is 9.47 Å². The monoisotopic (exact) mass is 353 g/mol. The van der Waals surface area contributed by atoms with Crippen LogP contribution in [0.25, 0.3) is 6.08 Å². The van der Waals surface area contributed by atoms with Crippen LogP contribution in [0, 0.1) is 0 Å². The summed E-state index contributed by atoms with van der Waals surface area (Å²) in [6.45, 7) is 4.97. The van der Waals surface area contributed by atoms with E-state index in [0.29, 0.717) is 24.0 Å². The predicted octanol–water partition coefficient (Wildman–Crippen LogP) is 4.20. The Balaban J connectivity index is 1.83. The quantitative estimate of drug-likeness (QED) is 0.724. The first kappa shape index (κ1) is 19.6. The molecule has 0 heterocycles. The molecule has 0 spiro atoms. The second-order valence-electron chi connectivity index (χ2n) is 6.39. The van der Waals surface area contributed by atoms with Crippen LogP contribution in [0.5, 0.6) is 11.5 Å². The van der Waals surface area contributed by atoms with Crippen LogP contribution in [-0.2, 0) is 11.2 Å². The molecule has 2 aromatic carbocycles. The number of hydrogen-bond acceptors (Lipinski definition) is 3. The Morgan fingerprint density at radius 3 is 2.35 bits per heavy atom. The van der Waals surface area contributed by atoms with Gasteiger partial charge in [0.2, 0.25) is 5.91 Å². The highest BCUT2D eigenvalue weighted by molar-refractivity contribution is 5.91. The molecule has 0 aromatic heterocycles. The summed E-state index contributed by atoms with van der Waals surface area (Å²) >= 11 is 0. The highest BCUT2D eigenvalue weighted by Gasteiger charge is 2.03. The molecule has 0 saturated heterocycles. The van der Waals surface area contributed by atoms with Crippen molar-refractivity contribution in [3.05, 3.63) is 65.2 Å². The van der Waals surface area contributed by atoms with Gasteiger partial charge in [-0.1, -0.05) is 44.2 Å². The molecule has 0 aliphatic carbocycles. The van der Waals surface area contributed by atoms with E-state index in [-0.39, 0.29) is 5.91 Å². The zero-order valence-electron chi connectivity index (χ0n) is 15.9. The highest BCUT2D eigenvalue weighted by atomic mass is 16.5. The van der Waals surface area contributed by atoms with Crippen molar-refractivity contribution in [3.63, 3.8) is 0 Å². The Morgan fingerprint density at radius 1 is 1.04 bits per heavy atom. The zero-order valence-corrected chi connectivity index (χ0v) is 15.9. The molecular weight excluding hydrogens is 326 g/mol. The number of ether oxygens (including phenoxy) is 2. The fourth-order valence-corrected chi connectivity index (χ4v) is 2.59. The van der Waals surface area contributed by atoms with Crippen LogP contribution in [0.2, 0.25) is 0 Å². The Morgan fingerprint density at radius 2 is 1.73 bits per heavy atom. The first-order valence-corrected chi connectivity index (χ1v) is 8.80. The summed E-state index contributed by atoms with van der Waals surface area (Å²) in [6, 6.07) is 14.1. The minimum atomic E-state index is -0.112. The molecule has 1 amide bonds. The smallest absolute Gasteiger partial charge is 0.244 e. The van der Waals surface area contributed by atoms with E-state index in [0.717, 1.165) is 12.0 Å². The number of carbonyl (C=O) groups excluding carboxylic acids is 1. The van der Waals surface area contributed by atoms with Crippen LogP contribution < -0.4 is 14.8 Å². The molecule has 0 bridgehead atoms. The molecule has 0 radical (unpaired) electrons. The lowest BCUT2D eigenvalue weighted by Gasteiger charge is -2.08. The minimum absolute atomic E-state index is 0.112. The van der Waals surface area contributed by atoms with Gasteiger partial charge in [0.25, 0.3) is 0 Å². The van der Waals surface area contributed by atoms with E-state index in [1.54, 1.807) is 20.3 Å². The van der Waals surface area contributed by atoms with Gasteiger partial charge in [-0.25, -0.2) is 0 Å². The van der Waals surface area contributed by atoms with Crippen molar-refractivity contribution in [2.45, 2.75) is 26.2 Å². The average molecular weight is 353 g/mol. The maximum Gasteiger partial charge on any atom is 0.244 e. The molecule has 2 aromatic rings. The van der Waals surface area contributed by atoms with E-state index < -0.39 is 0 Å². The minimum Gasteiger partial charge on any atom is -0.493 e. The van der Waals surface area contributed by atoms with Crippen molar-refractivity contribution >= 4 is 12.0 Å². The lowest BCUT2D eigenvalue weighted by atomic mass is 10.0. The second kappa shape index (κ2) is 9.66. The Labute approximate surface area is 155 Å². The van der Waals surface area contributed by atoms with Crippen LogP contribution in [0.1, 0.15) is 36.5 Å². The lowest BCUT2D eigenvalue weighted by molar-refractivity contribution is -0.116. The van der Waals surface area contributed by atoms with Gasteiger partial charge in [-0.3, -0.25) is 4.79 Å². The number of methoxy groups -OCH3 is 2. The number of benzene rings is 2. The van der Waals surface area contributed by atoms with Crippen molar-refractivity contribution < 1.29 is 14.3 Å². The molecule has 26 heavy (non-hydrogen) atoms. The van der Waals surface area contributed by atoms with Crippen LogP contribution in [0.3, 0.4) is 0 Å². The number of carbonyl (C=O) groups is 1. The first-order chi connectivity index (χ1) is 12.5. The number of nitrogens with one attached hydrogen (secondary N) is 1. The third kappa shape index (κ3) is 5.66. The van der Waals surface area contributed by atoms with Gasteiger partial charge >= 0.3 is 0 Å². The lowest BCUT2D eigenvalue weighted by Crippen LogP contribution is -2.23. The molecule has 0 aliphatic rings. The SMILES string of the molecule is COc1ccc(C=CC(=O)NCCc2ccc(C(C)C)cc2)cc1OC. The molecule has 0 saturated carbocycles. The van der Waals surface area contributed by atoms with Crippen molar-refractivity contribution in [1.82, 2.24) is 5.32 Å². The predicted molar refractivity (Wildman–Crippen MR) is 106 cm³/mol. The summed E-state index contributed by atoms with van der Waals surface area (Å²) in [7, 11) is 3.18. The standard InChI is InChI=1S/C22H27NO3/c1-16(2)19-9-5-17(6-10-19)13-14-23-22(24)12-8-18-7-11-20(25-3)21(15-18)26-4/h5-12,15-16H,13-14H2,1-4H3,(H,23,24). The van der Waals surface area contributed by atoms with E-state index in [1.807, 2.05) is 18.2 Å². The highest BCUT2D eigenvalue weighted by Crippen LogP contribution is 2.27. The molecule has 4 heteroatoms. The summed E-state index contributed by atoms with van der Waals surface area (Å²) in [5, 5.41) is 2.91. The van der Waals surface area contributed by atoms with Crippen LogP contribution in [-0.4, -0.2) is 26.7 Å². The molecule has 138 valence electrons. The Hall–Kier alpha value is -2.75. The van der Waals surface area contributed by atoms with Crippen molar-refractivity contribution in [2.24, 2.45) is 0 Å². The molecule has 0 unspecified atom stereocenters. The molecular formula is C22H27NO3. The van der Waals surface area contributed by atoms with Gasteiger partial charge in [0.05, 0.1) is 14.2 Å². The normalized spacial score (nSPS) is 11.0. The second-order valence-corrected chi connectivity index (χ2v) is 6.39. The zero-order chi connectivity index (χ0) is 18.9. The van der Waals surface area contributed by atoms with Gasteiger partial charge < -0.3 is 14.8 Å². The average Bonchev–Trinajstić information content (AvgIpc) is 2.66. The van der Waals surface area contributed by atoms with Crippen molar-refractivity contribution in [2.75, 3.05) is 20.8 Å². The van der Waals surface area contributed by atoms with Gasteiger partial charge in [-0.05, 0) is 47.2 Å². The third-order valence-corrected chi connectivity index (χ3v) is 4.19. The maximum atomic E-state index is 12.0. The summed E-state index contributed by atoms with van der Waals surface area (Å²) in [5.74, 6) is 1.72. The van der Waals surface area contributed by atoms with Crippen LogP contribution in [0.4, 0.5) is 0 Å². The van der Waals surface area contributed by atoms with E-state index >= 15 is 0 Å². The Kier molecular flexibility index (Phi) is 7.27. The van der Waals surface area contributed by atoms with Gasteiger partial charge in [-0.2, -0.15) is 0 Å². The molecule has 2 rings (SSSR count). The van der Waals surface area contributed by atoms with Crippen molar-refractivity contribution in [3.8, 4) is 11.5 Å². The summed E-state index contributed by atoms with van der Waals surface area (Å²) in [4.78, 5) is 12.0. The fraction of sp³-hybridized carbons (Fsp3) is 0.318. The van der Waals surface area contributed by atoms with Crippen LogP contribution in [0.15, 0.2) is 48.5 Å². The topological polar surface area (TPSA) is 47.6 Å². The van der Waals surface area contributed by atoms with Crippen molar-refractivity contribution in [1.29, 1.82) is 0 Å². The summed E-state index contributed by atoms with van der Waals surface area (Å²) in [6.07, 6.45) is 4.10. The third-order valence-electron chi connectivity index (χ3n) is 4.19. The summed E-state index contributed by atoms with van der Waals surface area (Å²) in [5.41, 5.74) is 3.43. The van der Waals surface area contributed by atoms with Gasteiger partial charge in [0, 0.05) is 12.6 Å². The molecule has 0 fully saturated rings.